The van der Waals surface area contributed by atoms with E-state index < -0.39 is 0 Å². The van der Waals surface area contributed by atoms with Gasteiger partial charge in [0.2, 0.25) is 0 Å². The van der Waals surface area contributed by atoms with Gasteiger partial charge in [-0.3, -0.25) is 9.48 Å². The van der Waals surface area contributed by atoms with Crippen LogP contribution >= 0.6 is 0 Å². The molecule has 0 saturated carbocycles. The number of nitrogens with zero attached hydrogens (tertiary/aromatic N) is 3. The molecule has 2 rings (SSSR count). The minimum atomic E-state index is -0.210. The Balaban J connectivity index is 2.66. The minimum Gasteiger partial charge on any atom is -0.301 e. The monoisotopic (exact) mass is 192 g/mol. The van der Waals surface area contributed by atoms with Gasteiger partial charge in [-0.25, -0.2) is 4.98 Å². The van der Waals surface area contributed by atoms with Crippen LogP contribution < -0.4 is 5.56 Å². The van der Waals surface area contributed by atoms with Crippen LogP contribution in [0.15, 0.2) is 11.1 Å². The molecule has 0 amide bonds. The summed E-state index contributed by atoms with van der Waals surface area (Å²) < 4.78 is 1.88. The number of aromatic nitrogens is 4. The Labute approximate surface area is 81.1 Å². The summed E-state index contributed by atoms with van der Waals surface area (Å²) in [6, 6.07) is 0. The van der Waals surface area contributed by atoms with Crippen molar-refractivity contribution in [3.8, 4) is 11.4 Å². The minimum absolute atomic E-state index is 0.210. The molecule has 0 atom stereocenters. The average molecular weight is 192 g/mol. The molecular formula is C9H12N4O. The maximum Gasteiger partial charge on any atom is 0.284 e. The van der Waals surface area contributed by atoms with Gasteiger partial charge in [0, 0.05) is 12.2 Å². The first kappa shape index (κ1) is 8.93. The Morgan fingerprint density at radius 2 is 2.29 bits per heavy atom. The molecule has 0 spiro atoms. The summed E-state index contributed by atoms with van der Waals surface area (Å²) in [6.45, 7) is 4.77. The number of nitrogens with one attached hydrogen (secondary N) is 1. The smallest absolute Gasteiger partial charge is 0.284 e. The lowest BCUT2D eigenvalue weighted by Crippen LogP contribution is -2.12. The Hall–Kier alpha value is -1.65. The zero-order chi connectivity index (χ0) is 10.1. The summed E-state index contributed by atoms with van der Waals surface area (Å²) in [6.07, 6.45) is 2.31. The van der Waals surface area contributed by atoms with Crippen molar-refractivity contribution in [3.63, 3.8) is 0 Å². The van der Waals surface area contributed by atoms with E-state index in [2.05, 4.69) is 22.0 Å². The molecule has 0 aromatic carbocycles. The predicted molar refractivity (Wildman–Crippen MR) is 52.3 cm³/mol. The van der Waals surface area contributed by atoms with Crippen LogP contribution in [0.1, 0.15) is 19.0 Å². The van der Waals surface area contributed by atoms with Crippen LogP contribution in [0, 0.1) is 6.92 Å². The van der Waals surface area contributed by atoms with Gasteiger partial charge in [0.1, 0.15) is 11.9 Å². The van der Waals surface area contributed by atoms with Crippen molar-refractivity contribution in [2.45, 2.75) is 26.8 Å². The van der Waals surface area contributed by atoms with Crippen LogP contribution in [-0.2, 0) is 6.54 Å². The van der Waals surface area contributed by atoms with Crippen LogP contribution in [0.25, 0.3) is 11.4 Å². The van der Waals surface area contributed by atoms with Crippen molar-refractivity contribution in [2.75, 3.05) is 0 Å². The van der Waals surface area contributed by atoms with Gasteiger partial charge in [0.05, 0.1) is 0 Å². The van der Waals surface area contributed by atoms with Gasteiger partial charge >= 0.3 is 0 Å². The third-order valence-electron chi connectivity index (χ3n) is 2.17. The molecule has 5 nitrogen and oxygen atoms in total. The Morgan fingerprint density at radius 3 is 3.00 bits per heavy atom. The van der Waals surface area contributed by atoms with Crippen molar-refractivity contribution >= 4 is 0 Å². The second-order valence-electron chi connectivity index (χ2n) is 3.27. The quantitative estimate of drug-likeness (QED) is 0.765. The van der Waals surface area contributed by atoms with Crippen LogP contribution in [-0.4, -0.2) is 19.7 Å². The molecule has 2 aliphatic heterocycles. The zero-order valence-electron chi connectivity index (χ0n) is 8.24. The van der Waals surface area contributed by atoms with Gasteiger partial charge in [-0.2, -0.15) is 4.98 Å². The van der Waals surface area contributed by atoms with E-state index in [4.69, 9.17) is 0 Å². The molecule has 2 heterocycles. The van der Waals surface area contributed by atoms with Crippen LogP contribution in [0.4, 0.5) is 0 Å². The Morgan fingerprint density at radius 1 is 1.50 bits per heavy atom. The standard InChI is InChI=1S/C9H12N4O/c1-3-4-13-8-7(6(2)12-13)9(14)11-5-10-8/h5,12H,3-4H2,1-2H3. The van der Waals surface area contributed by atoms with E-state index in [1.807, 2.05) is 11.6 Å². The average Bonchev–Trinajstić information content (AvgIpc) is 2.46. The van der Waals surface area contributed by atoms with Gasteiger partial charge < -0.3 is 5.10 Å². The molecule has 0 aromatic heterocycles. The summed E-state index contributed by atoms with van der Waals surface area (Å²) in [5.41, 5.74) is 1.22. The normalized spacial score (nSPS) is 11.0. The second kappa shape index (κ2) is 3.25. The van der Waals surface area contributed by atoms with E-state index in [1.165, 1.54) is 6.33 Å². The highest BCUT2D eigenvalue weighted by Crippen LogP contribution is 2.17. The van der Waals surface area contributed by atoms with Crippen LogP contribution in [0.3, 0.4) is 0 Å². The lowest BCUT2D eigenvalue weighted by molar-refractivity contribution is 0.598. The molecule has 5 heteroatoms. The van der Waals surface area contributed by atoms with E-state index in [0.717, 1.165) is 18.7 Å². The third-order valence-corrected chi connectivity index (χ3v) is 2.17. The van der Waals surface area contributed by atoms with E-state index >= 15 is 0 Å². The highest BCUT2D eigenvalue weighted by molar-refractivity contribution is 5.57. The summed E-state index contributed by atoms with van der Waals surface area (Å²) in [5, 5.41) is 3.11. The maximum atomic E-state index is 11.4. The molecule has 0 saturated heterocycles. The lowest BCUT2D eigenvalue weighted by Gasteiger charge is -2.02. The summed E-state index contributed by atoms with van der Waals surface area (Å²) >= 11 is 0. The van der Waals surface area contributed by atoms with Crippen molar-refractivity contribution in [2.24, 2.45) is 0 Å². The van der Waals surface area contributed by atoms with Crippen LogP contribution in [0.5, 0.6) is 0 Å². The SMILES string of the molecule is CCCn1[nH]c(C)c2c(=O)ncnc1-2. The summed E-state index contributed by atoms with van der Waals surface area (Å²) in [5.74, 6) is 0.698. The summed E-state index contributed by atoms with van der Waals surface area (Å²) in [4.78, 5) is 19.2. The van der Waals surface area contributed by atoms with E-state index in [-0.39, 0.29) is 5.56 Å². The number of H-pyrrole nitrogens is 1. The van der Waals surface area contributed by atoms with Crippen molar-refractivity contribution in [3.05, 3.63) is 22.4 Å². The van der Waals surface area contributed by atoms with Crippen LogP contribution in [0.2, 0.25) is 0 Å². The fraction of sp³-hybridized carbons (Fsp3) is 0.444. The molecular weight excluding hydrogens is 180 g/mol. The van der Waals surface area contributed by atoms with E-state index in [0.29, 0.717) is 11.4 Å². The van der Waals surface area contributed by atoms with Gasteiger partial charge in [0.15, 0.2) is 5.82 Å². The first-order valence-electron chi connectivity index (χ1n) is 4.64. The highest BCUT2D eigenvalue weighted by atomic mass is 16.1. The maximum absolute atomic E-state index is 11.4. The third kappa shape index (κ3) is 1.21. The van der Waals surface area contributed by atoms with E-state index in [1.54, 1.807) is 0 Å². The molecule has 14 heavy (non-hydrogen) atoms. The van der Waals surface area contributed by atoms with Gasteiger partial charge in [0.25, 0.3) is 5.56 Å². The fourth-order valence-electron chi connectivity index (χ4n) is 1.59. The number of hydrogen-bond donors (Lipinski definition) is 1. The summed E-state index contributed by atoms with van der Waals surface area (Å²) in [7, 11) is 0. The molecule has 1 N–H and O–H groups in total. The van der Waals surface area contributed by atoms with Gasteiger partial charge in [-0.15, -0.1) is 0 Å². The highest BCUT2D eigenvalue weighted by Gasteiger charge is 2.17. The zero-order valence-corrected chi connectivity index (χ0v) is 8.24. The van der Waals surface area contributed by atoms with Crippen molar-refractivity contribution in [1.29, 1.82) is 0 Å². The van der Waals surface area contributed by atoms with E-state index in [9.17, 15) is 4.79 Å². The molecule has 0 aliphatic carbocycles. The first-order chi connectivity index (χ1) is 6.74. The number of rotatable bonds is 2. The number of hydrogen-bond acceptors (Lipinski definition) is 3. The largest absolute Gasteiger partial charge is 0.301 e. The second-order valence-corrected chi connectivity index (χ2v) is 3.27. The lowest BCUT2D eigenvalue weighted by atomic mass is 10.2. The molecule has 0 unspecified atom stereocenters. The van der Waals surface area contributed by atoms with Crippen molar-refractivity contribution < 1.29 is 0 Å². The molecule has 0 radical (unpaired) electrons. The molecule has 2 aliphatic rings. The molecule has 74 valence electrons. The Bertz CT molecular complexity index is 470. The number of aryl methyl sites for hydroxylation is 2. The Kier molecular flexibility index (Phi) is 2.07. The van der Waals surface area contributed by atoms with Crippen molar-refractivity contribution in [1.82, 2.24) is 19.7 Å². The predicted octanol–water partition coefficient (Wildman–Crippen LogP) is 0.790. The van der Waals surface area contributed by atoms with Gasteiger partial charge in [-0.05, 0) is 13.3 Å². The number of fused-ring (bicyclic) bond motifs is 1. The molecule has 0 aromatic rings. The first-order valence-corrected chi connectivity index (χ1v) is 4.64. The number of aromatic amines is 1. The molecule has 0 bridgehead atoms. The topological polar surface area (TPSA) is 63.6 Å². The molecule has 0 fully saturated rings. The van der Waals surface area contributed by atoms with Gasteiger partial charge in [-0.1, -0.05) is 6.92 Å². The fourth-order valence-corrected chi connectivity index (χ4v) is 1.59.